The molecule has 2 N–H and O–H groups in total. The van der Waals surface area contributed by atoms with Crippen LogP contribution in [0.5, 0.6) is 11.5 Å². The predicted molar refractivity (Wildman–Crippen MR) is 135 cm³/mol. The van der Waals surface area contributed by atoms with Crippen LogP contribution in [0.2, 0.25) is 0 Å². The number of thiocarbonyl (C=S) groups is 1. The maximum Gasteiger partial charge on any atom is 0.329 e. The van der Waals surface area contributed by atoms with E-state index in [1.54, 1.807) is 12.1 Å². The summed E-state index contributed by atoms with van der Waals surface area (Å²) < 4.78 is 12.0. The molecule has 1 aromatic carbocycles. The van der Waals surface area contributed by atoms with Crippen LogP contribution in [-0.2, 0) is 9.59 Å². The van der Waals surface area contributed by atoms with Crippen LogP contribution >= 0.6 is 24.0 Å². The van der Waals surface area contributed by atoms with Gasteiger partial charge in [-0.05, 0) is 50.5 Å². The van der Waals surface area contributed by atoms with Gasteiger partial charge in [-0.1, -0.05) is 62.7 Å². The fraction of sp³-hybridized carbons (Fsp3) is 0.542. The van der Waals surface area contributed by atoms with Gasteiger partial charge in [0.2, 0.25) is 0 Å². The zero-order valence-corrected chi connectivity index (χ0v) is 21.0. The molecule has 0 bridgehead atoms. The van der Waals surface area contributed by atoms with Crippen LogP contribution in [-0.4, -0.2) is 56.7 Å². The lowest BCUT2D eigenvalue weighted by Crippen LogP contribution is -2.46. The van der Waals surface area contributed by atoms with Gasteiger partial charge in [0.15, 0.2) is 17.5 Å². The molecule has 2 unspecified atom stereocenters. The molecule has 0 radical (unpaired) electrons. The van der Waals surface area contributed by atoms with Crippen LogP contribution < -0.4 is 9.47 Å². The number of carbonyl (C=O) groups excluding carboxylic acids is 1. The fourth-order valence-electron chi connectivity index (χ4n) is 3.46. The van der Waals surface area contributed by atoms with Crippen LogP contribution in [0.4, 0.5) is 0 Å². The lowest BCUT2D eigenvalue weighted by molar-refractivity contribution is -0.146. The van der Waals surface area contributed by atoms with Crippen LogP contribution in [0, 0.1) is 0 Å². The highest BCUT2D eigenvalue weighted by Crippen LogP contribution is 2.36. The smallest absolute Gasteiger partial charge is 0.329 e. The maximum absolute atomic E-state index is 12.7. The zero-order valence-electron chi connectivity index (χ0n) is 19.4. The van der Waals surface area contributed by atoms with E-state index >= 15 is 0 Å². The van der Waals surface area contributed by atoms with Gasteiger partial charge in [0, 0.05) is 0 Å². The van der Waals surface area contributed by atoms with E-state index in [0.29, 0.717) is 23.7 Å². The standard InChI is InChI=1S/C24H33NO6S2/c1-4-6-7-8-9-10-16(3)31-19-12-11-17(13-20(19)30-5-2)14-21-22(27)25(24(32)33-21)18(15-26)23(28)29/h11-14,16,18,26H,4-10,15H2,1-3H3,(H,28,29). The first-order valence-electron chi connectivity index (χ1n) is 11.4. The number of aliphatic hydroxyl groups is 1. The minimum absolute atomic E-state index is 0.0550. The molecule has 1 aromatic rings. The second-order valence-electron chi connectivity index (χ2n) is 7.86. The number of carboxylic acid groups (broad SMARTS) is 1. The lowest BCUT2D eigenvalue weighted by Gasteiger charge is -2.20. The van der Waals surface area contributed by atoms with Gasteiger partial charge in [-0.3, -0.25) is 9.69 Å². The number of ether oxygens (including phenoxy) is 2. The number of unbranched alkanes of at least 4 members (excludes halogenated alkanes) is 4. The third-order valence-corrected chi connectivity index (χ3v) is 6.53. The molecule has 9 heteroatoms. The second-order valence-corrected chi connectivity index (χ2v) is 9.53. The minimum Gasteiger partial charge on any atom is -0.490 e. The number of hydrogen-bond acceptors (Lipinski definition) is 7. The van der Waals surface area contributed by atoms with Crippen molar-refractivity contribution in [2.24, 2.45) is 0 Å². The van der Waals surface area contributed by atoms with E-state index in [2.05, 4.69) is 13.8 Å². The average Bonchev–Trinajstić information content (AvgIpc) is 3.03. The molecule has 1 aliphatic heterocycles. The summed E-state index contributed by atoms with van der Waals surface area (Å²) in [6.07, 6.45) is 8.72. The SMILES string of the molecule is CCCCCCCC(C)Oc1ccc(C=C2SC(=S)N(C(CO)C(=O)O)C2=O)cc1OCC. The molecule has 7 nitrogen and oxygen atoms in total. The van der Waals surface area contributed by atoms with Gasteiger partial charge in [0.1, 0.15) is 4.32 Å². The van der Waals surface area contributed by atoms with Crippen molar-refractivity contribution in [3.8, 4) is 11.5 Å². The van der Waals surface area contributed by atoms with E-state index in [-0.39, 0.29) is 15.3 Å². The number of rotatable bonds is 14. The summed E-state index contributed by atoms with van der Waals surface area (Å²) in [5, 5.41) is 18.6. The Hall–Kier alpha value is -2.10. The summed E-state index contributed by atoms with van der Waals surface area (Å²) in [7, 11) is 0. The van der Waals surface area contributed by atoms with Crippen LogP contribution in [0.25, 0.3) is 6.08 Å². The van der Waals surface area contributed by atoms with Crippen molar-refractivity contribution in [1.82, 2.24) is 4.90 Å². The Balaban J connectivity index is 2.13. The molecule has 0 saturated carbocycles. The van der Waals surface area contributed by atoms with Gasteiger partial charge in [0.05, 0.1) is 24.2 Å². The summed E-state index contributed by atoms with van der Waals surface area (Å²) in [5.41, 5.74) is 0.703. The van der Waals surface area contributed by atoms with Gasteiger partial charge < -0.3 is 19.7 Å². The van der Waals surface area contributed by atoms with Crippen LogP contribution in [0.3, 0.4) is 0 Å². The number of carbonyl (C=O) groups is 2. The minimum atomic E-state index is -1.40. The number of amides is 1. The Morgan fingerprint density at radius 3 is 2.58 bits per heavy atom. The predicted octanol–water partition coefficient (Wildman–Crippen LogP) is 4.86. The molecule has 182 valence electrons. The average molecular weight is 496 g/mol. The van der Waals surface area contributed by atoms with Crippen molar-refractivity contribution < 1.29 is 29.3 Å². The molecule has 0 aromatic heterocycles. The van der Waals surface area contributed by atoms with Gasteiger partial charge >= 0.3 is 5.97 Å². The van der Waals surface area contributed by atoms with Crippen molar-refractivity contribution >= 4 is 46.3 Å². The Morgan fingerprint density at radius 1 is 1.21 bits per heavy atom. The number of hydrogen-bond donors (Lipinski definition) is 2. The summed E-state index contributed by atoms with van der Waals surface area (Å²) in [6, 6.07) is 4.03. The van der Waals surface area contributed by atoms with Gasteiger partial charge in [-0.15, -0.1) is 0 Å². The van der Waals surface area contributed by atoms with E-state index < -0.39 is 24.5 Å². The number of thioether (sulfide) groups is 1. The second kappa shape index (κ2) is 13.6. The number of carboxylic acids is 1. The Bertz CT molecular complexity index is 873. The third-order valence-electron chi connectivity index (χ3n) is 5.20. The van der Waals surface area contributed by atoms with Crippen LogP contribution in [0.15, 0.2) is 23.1 Å². The van der Waals surface area contributed by atoms with Crippen molar-refractivity contribution in [2.45, 2.75) is 71.4 Å². The molecule has 1 saturated heterocycles. The van der Waals surface area contributed by atoms with E-state index in [4.69, 9.17) is 21.7 Å². The monoisotopic (exact) mass is 495 g/mol. The molecular formula is C24H33NO6S2. The first-order chi connectivity index (χ1) is 15.8. The molecule has 0 aliphatic carbocycles. The molecule has 1 aliphatic rings. The third kappa shape index (κ3) is 7.72. The lowest BCUT2D eigenvalue weighted by atomic mass is 10.1. The van der Waals surface area contributed by atoms with Gasteiger partial charge in [-0.2, -0.15) is 0 Å². The van der Waals surface area contributed by atoms with Crippen LogP contribution in [0.1, 0.15) is 64.9 Å². The largest absolute Gasteiger partial charge is 0.490 e. The summed E-state index contributed by atoms with van der Waals surface area (Å²) >= 11 is 6.18. The Morgan fingerprint density at radius 2 is 1.94 bits per heavy atom. The van der Waals surface area contributed by atoms with E-state index in [0.717, 1.165) is 29.5 Å². The molecule has 1 fully saturated rings. The normalized spacial score (nSPS) is 16.8. The molecule has 33 heavy (non-hydrogen) atoms. The van der Waals surface area contributed by atoms with Gasteiger partial charge in [-0.25, -0.2) is 4.79 Å². The summed E-state index contributed by atoms with van der Waals surface area (Å²) in [5.74, 6) is -0.622. The topological polar surface area (TPSA) is 96.3 Å². The Kier molecular flexibility index (Phi) is 11.2. The number of aliphatic carboxylic acids is 1. The fourth-order valence-corrected chi connectivity index (χ4v) is 4.82. The molecule has 1 heterocycles. The maximum atomic E-state index is 12.7. The van der Waals surface area contributed by atoms with Crippen molar-refractivity contribution in [2.75, 3.05) is 13.2 Å². The summed E-state index contributed by atoms with van der Waals surface area (Å²) in [6.45, 7) is 5.89. The molecule has 0 spiro atoms. The first-order valence-corrected chi connectivity index (χ1v) is 12.6. The molecule has 1 amide bonds. The molecule has 2 rings (SSSR count). The quantitative estimate of drug-likeness (QED) is 0.215. The van der Waals surface area contributed by atoms with E-state index in [1.807, 2.05) is 19.1 Å². The van der Waals surface area contributed by atoms with E-state index in [9.17, 15) is 19.8 Å². The zero-order chi connectivity index (χ0) is 24.4. The molecule has 2 atom stereocenters. The van der Waals surface area contributed by atoms with E-state index in [1.165, 1.54) is 25.7 Å². The Labute approximate surface area is 205 Å². The molecular weight excluding hydrogens is 462 g/mol. The van der Waals surface area contributed by atoms with Gasteiger partial charge in [0.25, 0.3) is 5.91 Å². The van der Waals surface area contributed by atoms with Crippen molar-refractivity contribution in [1.29, 1.82) is 0 Å². The number of aliphatic hydroxyl groups excluding tert-OH is 1. The highest BCUT2D eigenvalue weighted by Gasteiger charge is 2.40. The highest BCUT2D eigenvalue weighted by molar-refractivity contribution is 8.26. The van der Waals surface area contributed by atoms with Crippen molar-refractivity contribution in [3.63, 3.8) is 0 Å². The number of nitrogens with zero attached hydrogens (tertiary/aromatic N) is 1. The highest BCUT2D eigenvalue weighted by atomic mass is 32.2. The first kappa shape index (κ1) is 27.1. The summed E-state index contributed by atoms with van der Waals surface area (Å²) in [4.78, 5) is 25.3. The number of benzene rings is 1. The van der Waals surface area contributed by atoms with Crippen molar-refractivity contribution in [3.05, 3.63) is 28.7 Å².